The fourth-order valence-electron chi connectivity index (χ4n) is 1.07. The molecule has 1 rings (SSSR count). The molecule has 84 valence electrons. The molecule has 0 saturated heterocycles. The molecule has 1 aromatic rings. The molecule has 0 fully saturated rings. The van der Waals surface area contributed by atoms with Crippen LogP contribution in [0.5, 0.6) is 0 Å². The lowest BCUT2D eigenvalue weighted by Crippen LogP contribution is -2.25. The normalized spacial score (nSPS) is 10.9. The highest BCUT2D eigenvalue weighted by Gasteiger charge is 2.08. The molecule has 1 N–H and O–H groups in total. The Morgan fingerprint density at radius 2 is 2.27 bits per heavy atom. The molecule has 15 heavy (non-hydrogen) atoms. The van der Waals surface area contributed by atoms with Crippen LogP contribution in [0.3, 0.4) is 0 Å². The number of likely N-dealkylation sites (N-methyl/N-ethyl adjacent to an activating group) is 1. The van der Waals surface area contributed by atoms with Gasteiger partial charge in [-0.1, -0.05) is 11.3 Å². The van der Waals surface area contributed by atoms with Crippen LogP contribution in [0.2, 0.25) is 0 Å². The van der Waals surface area contributed by atoms with Crippen molar-refractivity contribution in [3.63, 3.8) is 0 Å². The van der Waals surface area contributed by atoms with Gasteiger partial charge < -0.3 is 10.2 Å². The lowest BCUT2D eigenvalue weighted by Gasteiger charge is -2.09. The van der Waals surface area contributed by atoms with E-state index in [-0.39, 0.29) is 9.92 Å². The van der Waals surface area contributed by atoms with Gasteiger partial charge in [0, 0.05) is 30.6 Å². The van der Waals surface area contributed by atoms with E-state index in [0.29, 0.717) is 6.54 Å². The maximum Gasteiger partial charge on any atom is 0.324 e. The van der Waals surface area contributed by atoms with Crippen LogP contribution in [0.15, 0.2) is 12.1 Å². The molecule has 5 nitrogen and oxygen atoms in total. The predicted molar refractivity (Wildman–Crippen MR) is 61.2 cm³/mol. The van der Waals surface area contributed by atoms with Crippen molar-refractivity contribution in [3.05, 3.63) is 27.1 Å². The second-order valence-corrected chi connectivity index (χ2v) is 4.62. The number of nitro groups is 1. The number of rotatable bonds is 6. The molecule has 0 aliphatic heterocycles. The highest BCUT2D eigenvalue weighted by atomic mass is 32.1. The summed E-state index contributed by atoms with van der Waals surface area (Å²) in [7, 11) is 4.02. The van der Waals surface area contributed by atoms with Gasteiger partial charge in [-0.3, -0.25) is 10.1 Å². The molecule has 0 radical (unpaired) electrons. The Kier molecular flexibility index (Phi) is 4.67. The topological polar surface area (TPSA) is 58.4 Å². The summed E-state index contributed by atoms with van der Waals surface area (Å²) in [5, 5.41) is 13.9. The third-order valence-corrected chi connectivity index (χ3v) is 2.90. The molecule has 0 aromatic carbocycles. The average molecular weight is 229 g/mol. The third-order valence-electron chi connectivity index (χ3n) is 1.86. The Morgan fingerprint density at radius 1 is 1.53 bits per heavy atom. The number of nitrogens with zero attached hydrogens (tertiary/aromatic N) is 2. The highest BCUT2D eigenvalue weighted by molar-refractivity contribution is 7.15. The summed E-state index contributed by atoms with van der Waals surface area (Å²) in [6.07, 6.45) is 0. The van der Waals surface area contributed by atoms with Crippen molar-refractivity contribution in [3.8, 4) is 0 Å². The molecule has 1 aromatic heterocycles. The lowest BCUT2D eigenvalue weighted by atomic mass is 10.4. The minimum Gasteiger partial charge on any atom is -0.311 e. The summed E-state index contributed by atoms with van der Waals surface area (Å²) in [5.41, 5.74) is 0. The zero-order valence-electron chi connectivity index (χ0n) is 8.90. The monoisotopic (exact) mass is 229 g/mol. The van der Waals surface area contributed by atoms with E-state index in [2.05, 4.69) is 10.2 Å². The van der Waals surface area contributed by atoms with Crippen molar-refractivity contribution in [1.82, 2.24) is 10.2 Å². The van der Waals surface area contributed by atoms with E-state index in [1.165, 1.54) is 11.3 Å². The first kappa shape index (κ1) is 12.1. The summed E-state index contributed by atoms with van der Waals surface area (Å²) in [6, 6.07) is 3.35. The van der Waals surface area contributed by atoms with Crippen LogP contribution in [-0.2, 0) is 6.54 Å². The molecule has 0 atom stereocenters. The Morgan fingerprint density at radius 3 is 2.80 bits per heavy atom. The van der Waals surface area contributed by atoms with Crippen LogP contribution in [0.4, 0.5) is 5.00 Å². The van der Waals surface area contributed by atoms with E-state index in [1.807, 2.05) is 14.1 Å². The number of nitrogens with one attached hydrogen (secondary N) is 1. The molecule has 6 heteroatoms. The zero-order valence-corrected chi connectivity index (χ0v) is 9.71. The number of thiophene rings is 1. The molecular weight excluding hydrogens is 214 g/mol. The SMILES string of the molecule is CN(C)CCNCc1ccc([N+](=O)[O-])s1. The van der Waals surface area contributed by atoms with E-state index < -0.39 is 0 Å². The molecule has 0 aliphatic carbocycles. The van der Waals surface area contributed by atoms with E-state index in [4.69, 9.17) is 0 Å². The van der Waals surface area contributed by atoms with Gasteiger partial charge in [-0.25, -0.2) is 0 Å². The first-order valence-corrected chi connectivity index (χ1v) is 5.50. The Labute approximate surface area is 92.9 Å². The summed E-state index contributed by atoms with van der Waals surface area (Å²) < 4.78 is 0. The van der Waals surface area contributed by atoms with Crippen LogP contribution in [0, 0.1) is 10.1 Å². The molecule has 0 amide bonds. The van der Waals surface area contributed by atoms with E-state index in [0.717, 1.165) is 18.0 Å². The second-order valence-electron chi connectivity index (χ2n) is 3.48. The number of hydrogen-bond donors (Lipinski definition) is 1. The van der Waals surface area contributed by atoms with Crippen LogP contribution in [-0.4, -0.2) is 37.0 Å². The van der Waals surface area contributed by atoms with Crippen molar-refractivity contribution in [2.75, 3.05) is 27.2 Å². The Hall–Kier alpha value is -0.980. The van der Waals surface area contributed by atoms with Crippen molar-refractivity contribution < 1.29 is 4.92 Å². The quantitative estimate of drug-likeness (QED) is 0.454. The van der Waals surface area contributed by atoms with Gasteiger partial charge in [-0.05, 0) is 20.2 Å². The first-order valence-electron chi connectivity index (χ1n) is 4.68. The molecule has 0 unspecified atom stereocenters. The summed E-state index contributed by atoms with van der Waals surface area (Å²) >= 11 is 1.22. The van der Waals surface area contributed by atoms with Crippen molar-refractivity contribution in [1.29, 1.82) is 0 Å². The summed E-state index contributed by atoms with van der Waals surface area (Å²) in [4.78, 5) is 13.2. The third kappa shape index (κ3) is 4.37. The minimum absolute atomic E-state index is 0.208. The van der Waals surface area contributed by atoms with Gasteiger partial charge in [0.15, 0.2) is 0 Å². The second kappa shape index (κ2) is 5.79. The Bertz CT molecular complexity index is 325. The van der Waals surface area contributed by atoms with Gasteiger partial charge >= 0.3 is 5.00 Å². The van der Waals surface area contributed by atoms with E-state index in [1.54, 1.807) is 12.1 Å². The lowest BCUT2D eigenvalue weighted by molar-refractivity contribution is -0.380. The summed E-state index contributed by atoms with van der Waals surface area (Å²) in [6.45, 7) is 2.55. The minimum atomic E-state index is -0.353. The fraction of sp³-hybridized carbons (Fsp3) is 0.556. The van der Waals surface area contributed by atoms with E-state index >= 15 is 0 Å². The molecular formula is C9H15N3O2S. The highest BCUT2D eigenvalue weighted by Crippen LogP contribution is 2.23. The number of hydrogen-bond acceptors (Lipinski definition) is 5. The predicted octanol–water partition coefficient (Wildman–Crippen LogP) is 1.31. The molecule has 0 saturated carbocycles. The summed E-state index contributed by atoms with van der Waals surface area (Å²) in [5.74, 6) is 0. The Balaban J connectivity index is 2.29. The molecule has 0 aliphatic rings. The van der Waals surface area contributed by atoms with Gasteiger partial charge in [0.1, 0.15) is 0 Å². The van der Waals surface area contributed by atoms with Crippen LogP contribution < -0.4 is 5.32 Å². The van der Waals surface area contributed by atoms with Gasteiger partial charge in [-0.15, -0.1) is 0 Å². The molecule has 0 bridgehead atoms. The average Bonchev–Trinajstić information content (AvgIpc) is 2.60. The van der Waals surface area contributed by atoms with Crippen LogP contribution in [0.25, 0.3) is 0 Å². The van der Waals surface area contributed by atoms with Crippen molar-refractivity contribution in [2.45, 2.75) is 6.54 Å². The largest absolute Gasteiger partial charge is 0.324 e. The maximum atomic E-state index is 10.4. The van der Waals surface area contributed by atoms with Crippen molar-refractivity contribution >= 4 is 16.3 Å². The van der Waals surface area contributed by atoms with Crippen LogP contribution >= 0.6 is 11.3 Å². The van der Waals surface area contributed by atoms with Gasteiger partial charge in [-0.2, -0.15) is 0 Å². The smallest absolute Gasteiger partial charge is 0.311 e. The standard InChI is InChI=1S/C9H15N3O2S/c1-11(2)6-5-10-7-8-3-4-9(15-8)12(13)14/h3-4,10H,5-7H2,1-2H3. The molecule has 1 heterocycles. The van der Waals surface area contributed by atoms with Gasteiger partial charge in [0.2, 0.25) is 0 Å². The molecule has 0 spiro atoms. The fourth-order valence-corrected chi connectivity index (χ4v) is 1.86. The van der Waals surface area contributed by atoms with Crippen molar-refractivity contribution in [2.24, 2.45) is 0 Å². The maximum absolute atomic E-state index is 10.4. The zero-order chi connectivity index (χ0) is 11.3. The van der Waals surface area contributed by atoms with Gasteiger partial charge in [0.25, 0.3) is 0 Å². The van der Waals surface area contributed by atoms with Crippen LogP contribution in [0.1, 0.15) is 4.88 Å². The van der Waals surface area contributed by atoms with E-state index in [9.17, 15) is 10.1 Å². The first-order chi connectivity index (χ1) is 7.09. The van der Waals surface area contributed by atoms with Gasteiger partial charge in [0.05, 0.1) is 4.92 Å².